The number of aromatic nitrogens is 2. The molecule has 10 nitrogen and oxygen atoms in total. The monoisotopic (exact) mass is 730 g/mol. The van der Waals surface area contributed by atoms with E-state index in [0.29, 0.717) is 30.0 Å². The molecule has 0 aliphatic heterocycles. The van der Waals surface area contributed by atoms with Crippen LogP contribution in [0.1, 0.15) is 69.7 Å². The largest absolute Gasteiger partial charge is 0.488 e. The average molecular weight is 731 g/mol. The Hall–Kier alpha value is -5.32. The summed E-state index contributed by atoms with van der Waals surface area (Å²) in [4.78, 5) is 41.2. The van der Waals surface area contributed by atoms with E-state index in [-0.39, 0.29) is 31.3 Å². The van der Waals surface area contributed by atoms with Crippen molar-refractivity contribution in [3.63, 3.8) is 0 Å². The number of fused-ring (bicyclic) bond motifs is 4. The van der Waals surface area contributed by atoms with Crippen LogP contribution in [0.5, 0.6) is 5.75 Å². The first-order chi connectivity index (χ1) is 26.0. The van der Waals surface area contributed by atoms with E-state index in [1.54, 1.807) is 17.3 Å². The highest BCUT2D eigenvalue weighted by atomic mass is 16.7. The van der Waals surface area contributed by atoms with Crippen molar-refractivity contribution in [2.24, 2.45) is 0 Å². The van der Waals surface area contributed by atoms with Gasteiger partial charge in [-0.05, 0) is 93.1 Å². The van der Waals surface area contributed by atoms with Gasteiger partial charge in [0.15, 0.2) is 6.29 Å². The molecule has 2 atom stereocenters. The number of carbonyl (C=O) groups is 2. The highest BCUT2D eigenvalue weighted by Gasteiger charge is 2.40. The van der Waals surface area contributed by atoms with Gasteiger partial charge in [0.25, 0.3) is 0 Å². The van der Waals surface area contributed by atoms with Gasteiger partial charge in [-0.25, -0.2) is 4.79 Å². The molecule has 1 aromatic heterocycles. The van der Waals surface area contributed by atoms with Crippen LogP contribution in [0.3, 0.4) is 0 Å². The summed E-state index contributed by atoms with van der Waals surface area (Å²) in [7, 11) is 0. The Labute approximate surface area is 317 Å². The van der Waals surface area contributed by atoms with Crippen molar-refractivity contribution in [1.29, 1.82) is 0 Å². The van der Waals surface area contributed by atoms with Crippen LogP contribution in [0.4, 0.5) is 4.79 Å². The van der Waals surface area contributed by atoms with Crippen LogP contribution in [0.2, 0.25) is 0 Å². The van der Waals surface area contributed by atoms with Crippen molar-refractivity contribution in [2.45, 2.75) is 84.4 Å². The normalized spacial score (nSPS) is 13.7. The van der Waals surface area contributed by atoms with E-state index in [1.807, 2.05) is 108 Å². The maximum absolute atomic E-state index is 15.5. The first-order valence-corrected chi connectivity index (χ1v) is 18.7. The molecule has 0 spiro atoms. The number of carboxylic acid groups (broad SMARTS) is 1. The van der Waals surface area contributed by atoms with Gasteiger partial charge in [-0.1, -0.05) is 72.8 Å². The van der Waals surface area contributed by atoms with E-state index in [0.717, 1.165) is 33.4 Å². The zero-order chi connectivity index (χ0) is 38.4. The second-order valence-corrected chi connectivity index (χ2v) is 14.6. The number of rotatable bonds is 15. The average Bonchev–Trinajstić information content (AvgIpc) is 3.47. The number of para-hydroxylation sites is 1. The maximum atomic E-state index is 15.5. The quantitative estimate of drug-likeness (QED) is 0.107. The standard InChI is InChI=1S/C44H50N4O6/c1-7-52-42(53-8-2)29(3)47(27-31-14-13-19-38-40(31)46-25-24-45-38)41(49)39(26-30-20-22-32(23-21-30)54-44(4,5)6)48(43(50)51)28-37-35-17-11-9-15-33(35)34-16-10-12-18-36(34)37/h9-25,29,37,39,42H,7-8,26-28H2,1-6H3,(H,50,51)/t29-,39-/m0/s1. The fourth-order valence-electron chi connectivity index (χ4n) is 7.37. The number of hydrogen-bond donors (Lipinski definition) is 1. The van der Waals surface area contributed by atoms with Gasteiger partial charge in [0.05, 0.1) is 17.1 Å². The molecule has 0 saturated carbocycles. The molecule has 0 radical (unpaired) electrons. The molecule has 1 aliphatic rings. The molecule has 0 fully saturated rings. The van der Waals surface area contributed by atoms with Gasteiger partial charge in [-0.3, -0.25) is 19.7 Å². The summed E-state index contributed by atoms with van der Waals surface area (Å²) >= 11 is 0. The maximum Gasteiger partial charge on any atom is 0.408 e. The summed E-state index contributed by atoms with van der Waals surface area (Å²) in [6, 6.07) is 27.7. The molecule has 0 saturated heterocycles. The summed E-state index contributed by atoms with van der Waals surface area (Å²) in [6.45, 7) is 12.5. The highest BCUT2D eigenvalue weighted by Crippen LogP contribution is 2.45. The van der Waals surface area contributed by atoms with E-state index < -0.39 is 30.1 Å². The molecule has 10 heteroatoms. The van der Waals surface area contributed by atoms with E-state index in [2.05, 4.69) is 34.2 Å². The van der Waals surface area contributed by atoms with Crippen LogP contribution < -0.4 is 4.74 Å². The zero-order valence-electron chi connectivity index (χ0n) is 31.9. The lowest BCUT2D eigenvalue weighted by atomic mass is 9.94. The Morgan fingerprint density at radius 3 is 2.00 bits per heavy atom. The van der Waals surface area contributed by atoms with Crippen molar-refractivity contribution < 1.29 is 28.9 Å². The minimum absolute atomic E-state index is 0.0767. The number of benzene rings is 4. The molecule has 54 heavy (non-hydrogen) atoms. The van der Waals surface area contributed by atoms with Crippen LogP contribution in [0.15, 0.2) is 103 Å². The molecule has 0 unspecified atom stereocenters. The first-order valence-electron chi connectivity index (χ1n) is 18.7. The fourth-order valence-corrected chi connectivity index (χ4v) is 7.37. The van der Waals surface area contributed by atoms with E-state index in [4.69, 9.17) is 14.2 Å². The highest BCUT2D eigenvalue weighted by molar-refractivity contribution is 5.87. The molecule has 1 N–H and O–H groups in total. The minimum atomic E-state index is -1.18. The van der Waals surface area contributed by atoms with E-state index >= 15 is 4.79 Å². The number of amides is 2. The predicted molar refractivity (Wildman–Crippen MR) is 209 cm³/mol. The number of nitrogens with zero attached hydrogens (tertiary/aromatic N) is 4. The van der Waals surface area contributed by atoms with Crippen molar-refractivity contribution in [3.05, 3.63) is 126 Å². The molecular weight excluding hydrogens is 681 g/mol. The van der Waals surface area contributed by atoms with E-state index in [1.165, 1.54) is 4.90 Å². The van der Waals surface area contributed by atoms with Crippen molar-refractivity contribution in [2.75, 3.05) is 19.8 Å². The summed E-state index contributed by atoms with van der Waals surface area (Å²) in [6.07, 6.45) is 1.45. The Bertz CT molecular complexity index is 2010. The molecule has 1 heterocycles. The van der Waals surface area contributed by atoms with Gasteiger partial charge in [-0.15, -0.1) is 0 Å². The van der Waals surface area contributed by atoms with Crippen molar-refractivity contribution in [3.8, 4) is 16.9 Å². The SMILES string of the molecule is CCOC(OCC)[C@H](C)N(Cc1cccc2nccnc12)C(=O)[C@H](Cc1ccc(OC(C)(C)C)cc1)N(CC1c2ccccc2-c2ccccc21)C(=O)O. The molecular formula is C44H50N4O6. The minimum Gasteiger partial charge on any atom is -0.488 e. The molecule has 5 aromatic rings. The Morgan fingerprint density at radius 1 is 0.796 bits per heavy atom. The molecule has 4 aromatic carbocycles. The smallest absolute Gasteiger partial charge is 0.408 e. The molecule has 282 valence electrons. The van der Waals surface area contributed by atoms with Gasteiger partial charge in [0.2, 0.25) is 5.91 Å². The number of hydrogen-bond acceptors (Lipinski definition) is 7. The van der Waals surface area contributed by atoms with Crippen LogP contribution in [-0.2, 0) is 27.2 Å². The fraction of sp³-hybridized carbons (Fsp3) is 0.364. The predicted octanol–water partition coefficient (Wildman–Crippen LogP) is 8.33. The topological polar surface area (TPSA) is 114 Å². The van der Waals surface area contributed by atoms with Gasteiger partial charge < -0.3 is 24.2 Å². The number of carbonyl (C=O) groups excluding carboxylic acids is 1. The second kappa shape index (κ2) is 16.8. The lowest BCUT2D eigenvalue weighted by molar-refractivity contribution is -0.180. The Kier molecular flexibility index (Phi) is 11.9. The van der Waals surface area contributed by atoms with Crippen molar-refractivity contribution in [1.82, 2.24) is 19.8 Å². The third kappa shape index (κ3) is 8.56. The number of ether oxygens (including phenoxy) is 3. The van der Waals surface area contributed by atoms with Crippen LogP contribution >= 0.6 is 0 Å². The molecule has 0 bridgehead atoms. The zero-order valence-corrected chi connectivity index (χ0v) is 31.9. The summed E-state index contributed by atoms with van der Waals surface area (Å²) in [5.74, 6) is 0.0435. The Balaban J connectivity index is 1.45. The van der Waals surface area contributed by atoms with Crippen LogP contribution in [0.25, 0.3) is 22.2 Å². The third-order valence-corrected chi connectivity index (χ3v) is 9.78. The van der Waals surface area contributed by atoms with E-state index in [9.17, 15) is 9.90 Å². The van der Waals surface area contributed by atoms with Gasteiger partial charge >= 0.3 is 6.09 Å². The summed E-state index contributed by atoms with van der Waals surface area (Å²) in [5.41, 5.74) is 6.75. The molecule has 6 rings (SSSR count). The van der Waals surface area contributed by atoms with Gasteiger partial charge in [0.1, 0.15) is 17.4 Å². The van der Waals surface area contributed by atoms with Crippen molar-refractivity contribution >= 4 is 23.0 Å². The van der Waals surface area contributed by atoms with Gasteiger partial charge in [0, 0.05) is 51.0 Å². The van der Waals surface area contributed by atoms with Gasteiger partial charge in [-0.2, -0.15) is 0 Å². The molecule has 1 aliphatic carbocycles. The summed E-state index contributed by atoms with van der Waals surface area (Å²) in [5, 5.41) is 11.1. The third-order valence-electron chi connectivity index (χ3n) is 9.78. The molecule has 2 amide bonds. The Morgan fingerprint density at radius 2 is 1.41 bits per heavy atom. The second-order valence-electron chi connectivity index (χ2n) is 14.6. The van der Waals surface area contributed by atoms with Crippen LogP contribution in [-0.4, -0.2) is 80.6 Å². The lowest BCUT2D eigenvalue weighted by Gasteiger charge is -2.39. The summed E-state index contributed by atoms with van der Waals surface area (Å²) < 4.78 is 18.2. The first kappa shape index (κ1) is 38.4. The van der Waals surface area contributed by atoms with Crippen LogP contribution in [0, 0.1) is 0 Å². The lowest BCUT2D eigenvalue weighted by Crippen LogP contribution is -2.56.